The zero-order valence-corrected chi connectivity index (χ0v) is 15.5. The third-order valence-electron chi connectivity index (χ3n) is 3.80. The monoisotopic (exact) mass is 388 g/mol. The van der Waals surface area contributed by atoms with Crippen LogP contribution < -0.4 is 5.32 Å². The van der Waals surface area contributed by atoms with Gasteiger partial charge in [-0.05, 0) is 29.8 Å². The van der Waals surface area contributed by atoms with Gasteiger partial charge in [0.05, 0.1) is 35.1 Å². The topological polar surface area (TPSA) is 45.5 Å². The van der Waals surface area contributed by atoms with Crippen LogP contribution in [0.4, 0.5) is 5.69 Å². The molecule has 1 N–H and O–H groups in total. The molecule has 0 bridgehead atoms. The Morgan fingerprint density at radius 2 is 1.77 bits per heavy atom. The zero-order valence-electron chi connectivity index (χ0n) is 14.0. The lowest BCUT2D eigenvalue weighted by Crippen LogP contribution is -2.32. The quantitative estimate of drug-likeness (QED) is 0.602. The first kappa shape index (κ1) is 18.5. The summed E-state index contributed by atoms with van der Waals surface area (Å²) in [6.45, 7) is 1.34. The fourth-order valence-electron chi connectivity index (χ4n) is 2.63. The molecule has 0 saturated heterocycles. The van der Waals surface area contributed by atoms with Crippen molar-refractivity contribution in [1.82, 2.24) is 4.90 Å². The molecule has 26 heavy (non-hydrogen) atoms. The minimum Gasteiger partial charge on any atom is -0.468 e. The van der Waals surface area contributed by atoms with Crippen LogP contribution in [0, 0.1) is 0 Å². The number of benzene rings is 2. The number of hydrogen-bond donors (Lipinski definition) is 1. The standard InChI is InChI=1S/C20H18Cl2N2O2/c21-17-9-4-10-18(20(17)22)23-19(25)14-24(13-16-8-5-11-26-16)12-15-6-2-1-3-7-15/h1-11H,12-14H2,(H,23,25). The van der Waals surface area contributed by atoms with Gasteiger partial charge in [-0.15, -0.1) is 0 Å². The van der Waals surface area contributed by atoms with Crippen LogP contribution in [0.3, 0.4) is 0 Å². The van der Waals surface area contributed by atoms with Gasteiger partial charge in [-0.25, -0.2) is 0 Å². The van der Waals surface area contributed by atoms with E-state index in [-0.39, 0.29) is 12.5 Å². The van der Waals surface area contributed by atoms with E-state index in [1.54, 1.807) is 24.5 Å². The van der Waals surface area contributed by atoms with Crippen LogP contribution in [-0.2, 0) is 17.9 Å². The van der Waals surface area contributed by atoms with Gasteiger partial charge in [0.1, 0.15) is 5.76 Å². The molecule has 0 saturated carbocycles. The molecule has 1 amide bonds. The number of rotatable bonds is 7. The largest absolute Gasteiger partial charge is 0.468 e. The van der Waals surface area contributed by atoms with Crippen molar-refractivity contribution in [3.63, 3.8) is 0 Å². The van der Waals surface area contributed by atoms with Crippen molar-refractivity contribution in [3.8, 4) is 0 Å². The lowest BCUT2D eigenvalue weighted by molar-refractivity contribution is -0.117. The summed E-state index contributed by atoms with van der Waals surface area (Å²) < 4.78 is 5.42. The summed E-state index contributed by atoms with van der Waals surface area (Å²) in [4.78, 5) is 14.5. The highest BCUT2D eigenvalue weighted by Crippen LogP contribution is 2.29. The summed E-state index contributed by atoms with van der Waals surface area (Å²) in [6.07, 6.45) is 1.63. The first-order valence-corrected chi connectivity index (χ1v) is 8.90. The fraction of sp³-hybridized carbons (Fsp3) is 0.150. The molecule has 0 atom stereocenters. The van der Waals surface area contributed by atoms with E-state index < -0.39 is 0 Å². The zero-order chi connectivity index (χ0) is 18.4. The molecule has 0 aliphatic heterocycles. The number of amides is 1. The molecule has 2 aromatic carbocycles. The highest BCUT2D eigenvalue weighted by atomic mass is 35.5. The molecule has 0 aliphatic rings. The highest BCUT2D eigenvalue weighted by Gasteiger charge is 2.15. The fourth-order valence-corrected chi connectivity index (χ4v) is 2.97. The lowest BCUT2D eigenvalue weighted by atomic mass is 10.2. The van der Waals surface area contributed by atoms with Gasteiger partial charge in [0.2, 0.25) is 5.91 Å². The number of nitrogens with zero attached hydrogens (tertiary/aromatic N) is 1. The summed E-state index contributed by atoms with van der Waals surface area (Å²) in [5.74, 6) is 0.631. The first-order chi connectivity index (χ1) is 12.6. The SMILES string of the molecule is O=C(CN(Cc1ccccc1)Cc1ccco1)Nc1cccc(Cl)c1Cl. The van der Waals surface area contributed by atoms with Crippen LogP contribution in [0.25, 0.3) is 0 Å². The molecule has 1 heterocycles. The van der Waals surface area contributed by atoms with E-state index in [4.69, 9.17) is 27.6 Å². The van der Waals surface area contributed by atoms with Crippen LogP contribution in [0.2, 0.25) is 10.0 Å². The smallest absolute Gasteiger partial charge is 0.238 e. The molecular weight excluding hydrogens is 371 g/mol. The van der Waals surface area contributed by atoms with Gasteiger partial charge in [-0.3, -0.25) is 9.69 Å². The number of carbonyl (C=O) groups excluding carboxylic acids is 1. The van der Waals surface area contributed by atoms with Gasteiger partial charge in [0.15, 0.2) is 0 Å². The Labute approximate surface area is 162 Å². The van der Waals surface area contributed by atoms with E-state index >= 15 is 0 Å². The van der Waals surface area contributed by atoms with Crippen molar-refractivity contribution in [2.45, 2.75) is 13.1 Å². The Bertz CT molecular complexity index is 852. The van der Waals surface area contributed by atoms with Crippen molar-refractivity contribution >= 4 is 34.8 Å². The molecule has 134 valence electrons. The Morgan fingerprint density at radius 3 is 2.50 bits per heavy atom. The van der Waals surface area contributed by atoms with Gasteiger partial charge in [0, 0.05) is 6.54 Å². The third-order valence-corrected chi connectivity index (χ3v) is 4.62. The van der Waals surface area contributed by atoms with E-state index in [9.17, 15) is 4.79 Å². The molecule has 3 rings (SSSR count). The van der Waals surface area contributed by atoms with Gasteiger partial charge >= 0.3 is 0 Å². The molecule has 3 aromatic rings. The summed E-state index contributed by atoms with van der Waals surface area (Å²) >= 11 is 12.1. The second kappa shape index (κ2) is 8.90. The van der Waals surface area contributed by atoms with E-state index in [0.29, 0.717) is 28.8 Å². The molecule has 0 radical (unpaired) electrons. The molecule has 6 heteroatoms. The molecule has 0 aliphatic carbocycles. The number of carbonyl (C=O) groups is 1. The van der Waals surface area contributed by atoms with Gasteiger partial charge in [-0.1, -0.05) is 59.6 Å². The van der Waals surface area contributed by atoms with Crippen molar-refractivity contribution in [2.75, 3.05) is 11.9 Å². The van der Waals surface area contributed by atoms with Crippen molar-refractivity contribution in [2.24, 2.45) is 0 Å². The van der Waals surface area contributed by atoms with Gasteiger partial charge in [-0.2, -0.15) is 0 Å². The Hall–Kier alpha value is -2.27. The predicted molar refractivity (Wildman–Crippen MR) is 104 cm³/mol. The normalized spacial score (nSPS) is 10.9. The number of furan rings is 1. The number of nitrogens with one attached hydrogen (secondary N) is 1. The van der Waals surface area contributed by atoms with Crippen LogP contribution in [0.5, 0.6) is 0 Å². The summed E-state index contributed by atoms with van der Waals surface area (Å²) in [5.41, 5.74) is 1.62. The second-order valence-electron chi connectivity index (χ2n) is 5.86. The van der Waals surface area contributed by atoms with Crippen molar-refractivity contribution in [1.29, 1.82) is 0 Å². The van der Waals surface area contributed by atoms with Crippen LogP contribution in [0.15, 0.2) is 71.3 Å². The summed E-state index contributed by atoms with van der Waals surface area (Å²) in [5, 5.41) is 3.56. The van der Waals surface area contributed by atoms with Crippen molar-refractivity contribution < 1.29 is 9.21 Å². The molecule has 4 nitrogen and oxygen atoms in total. The third kappa shape index (κ3) is 5.11. The second-order valence-corrected chi connectivity index (χ2v) is 6.64. The van der Waals surface area contributed by atoms with E-state index in [1.165, 1.54) is 0 Å². The minimum atomic E-state index is -0.170. The van der Waals surface area contributed by atoms with Gasteiger partial charge in [0.25, 0.3) is 0 Å². The van der Waals surface area contributed by atoms with Crippen LogP contribution in [0.1, 0.15) is 11.3 Å². The van der Waals surface area contributed by atoms with E-state index in [0.717, 1.165) is 11.3 Å². The number of anilines is 1. The van der Waals surface area contributed by atoms with Gasteiger partial charge < -0.3 is 9.73 Å². The molecular formula is C20H18Cl2N2O2. The minimum absolute atomic E-state index is 0.170. The average Bonchev–Trinajstić information content (AvgIpc) is 3.13. The lowest BCUT2D eigenvalue weighted by Gasteiger charge is -2.21. The maximum absolute atomic E-state index is 12.5. The molecule has 1 aromatic heterocycles. The molecule has 0 fully saturated rings. The Morgan fingerprint density at radius 1 is 0.962 bits per heavy atom. The van der Waals surface area contributed by atoms with Crippen LogP contribution in [-0.4, -0.2) is 17.4 Å². The van der Waals surface area contributed by atoms with E-state index in [1.807, 2.05) is 47.4 Å². The maximum atomic E-state index is 12.5. The molecule has 0 spiro atoms. The predicted octanol–water partition coefficient (Wildman–Crippen LogP) is 5.23. The maximum Gasteiger partial charge on any atom is 0.238 e. The summed E-state index contributed by atoms with van der Waals surface area (Å²) in [7, 11) is 0. The highest BCUT2D eigenvalue weighted by molar-refractivity contribution is 6.43. The molecule has 0 unspecified atom stereocenters. The van der Waals surface area contributed by atoms with E-state index in [2.05, 4.69) is 5.32 Å². The summed E-state index contributed by atoms with van der Waals surface area (Å²) in [6, 6.07) is 18.9. The average molecular weight is 389 g/mol. The number of hydrogen-bond acceptors (Lipinski definition) is 3. The first-order valence-electron chi connectivity index (χ1n) is 8.14. The van der Waals surface area contributed by atoms with Crippen LogP contribution >= 0.6 is 23.2 Å². The Kier molecular flexibility index (Phi) is 6.34. The number of halogens is 2. The Balaban J connectivity index is 1.69. The van der Waals surface area contributed by atoms with Crippen molar-refractivity contribution in [3.05, 3.63) is 88.3 Å².